The van der Waals surface area contributed by atoms with Crippen molar-refractivity contribution in [2.75, 3.05) is 26.2 Å². The molecule has 1 fully saturated rings. The fraction of sp³-hybridized carbons (Fsp3) is 0.333. The molecule has 2 atom stereocenters. The smallest absolute Gasteiger partial charge is 0.273 e. The molecule has 0 aliphatic carbocycles. The highest BCUT2D eigenvalue weighted by Crippen LogP contribution is 2.26. The number of non-ortho nitro benzene ring substituents is 1. The molecule has 0 amide bonds. The molecule has 1 saturated heterocycles. The van der Waals surface area contributed by atoms with Gasteiger partial charge in [-0.3, -0.25) is 15.0 Å². The summed E-state index contributed by atoms with van der Waals surface area (Å²) >= 11 is 0. The molecule has 0 unspecified atom stereocenters. The minimum atomic E-state index is -0.420. The monoisotopic (exact) mass is 327 g/mol. The van der Waals surface area contributed by atoms with Crippen molar-refractivity contribution >= 4 is 5.69 Å². The fourth-order valence-corrected chi connectivity index (χ4v) is 3.13. The number of hydrogen-bond donors (Lipinski definition) is 1. The Labute approximate surface area is 141 Å². The van der Waals surface area contributed by atoms with E-state index in [1.165, 1.54) is 17.7 Å². The maximum Gasteiger partial charge on any atom is 0.273 e. The number of nitro groups is 1. The van der Waals surface area contributed by atoms with Crippen molar-refractivity contribution < 1.29 is 9.66 Å². The summed E-state index contributed by atoms with van der Waals surface area (Å²) in [6.45, 7) is 2.97. The second-order valence-electron chi connectivity index (χ2n) is 6.04. The van der Waals surface area contributed by atoms with Crippen molar-refractivity contribution in [1.29, 1.82) is 0 Å². The first-order valence-electron chi connectivity index (χ1n) is 8.03. The van der Waals surface area contributed by atoms with Gasteiger partial charge in [0.05, 0.1) is 11.0 Å². The summed E-state index contributed by atoms with van der Waals surface area (Å²) in [6.07, 6.45) is 0. The molecule has 1 heterocycles. The summed E-state index contributed by atoms with van der Waals surface area (Å²) in [5, 5.41) is 10.8. The number of hydrogen-bond acceptors (Lipinski definition) is 5. The van der Waals surface area contributed by atoms with Gasteiger partial charge in [-0.25, -0.2) is 0 Å². The van der Waals surface area contributed by atoms with E-state index in [0.29, 0.717) is 18.3 Å². The molecule has 3 rings (SSSR count). The van der Waals surface area contributed by atoms with Gasteiger partial charge >= 0.3 is 0 Å². The summed E-state index contributed by atoms with van der Waals surface area (Å²) in [5.41, 5.74) is 7.59. The van der Waals surface area contributed by atoms with Gasteiger partial charge in [-0.2, -0.15) is 0 Å². The van der Waals surface area contributed by atoms with Gasteiger partial charge in [0.15, 0.2) is 0 Å². The number of likely N-dealkylation sites (tertiary alicyclic amines) is 1. The molecule has 1 aliphatic heterocycles. The van der Waals surface area contributed by atoms with Crippen LogP contribution >= 0.6 is 0 Å². The summed E-state index contributed by atoms with van der Waals surface area (Å²) < 4.78 is 5.65. The zero-order valence-corrected chi connectivity index (χ0v) is 13.4. The maximum absolute atomic E-state index is 10.8. The van der Waals surface area contributed by atoms with E-state index < -0.39 is 4.92 Å². The van der Waals surface area contributed by atoms with E-state index in [9.17, 15) is 10.1 Å². The molecule has 2 N–H and O–H groups in total. The average molecular weight is 327 g/mol. The van der Waals surface area contributed by atoms with Gasteiger partial charge in [-0.05, 0) is 11.6 Å². The lowest BCUT2D eigenvalue weighted by Gasteiger charge is -2.16. The number of benzene rings is 2. The van der Waals surface area contributed by atoms with E-state index in [2.05, 4.69) is 17.0 Å². The molecule has 6 heteroatoms. The van der Waals surface area contributed by atoms with Gasteiger partial charge in [0, 0.05) is 37.7 Å². The van der Waals surface area contributed by atoms with E-state index >= 15 is 0 Å². The quantitative estimate of drug-likeness (QED) is 0.651. The Balaban J connectivity index is 1.51. The van der Waals surface area contributed by atoms with Crippen molar-refractivity contribution in [2.45, 2.75) is 12.0 Å². The van der Waals surface area contributed by atoms with Crippen LogP contribution < -0.4 is 10.5 Å². The van der Waals surface area contributed by atoms with E-state index in [0.717, 1.165) is 19.6 Å². The molecular formula is C18H21N3O3. The zero-order chi connectivity index (χ0) is 16.9. The summed E-state index contributed by atoms with van der Waals surface area (Å²) in [4.78, 5) is 12.6. The Bertz CT molecular complexity index is 693. The second-order valence-corrected chi connectivity index (χ2v) is 6.04. The molecule has 0 aromatic heterocycles. The predicted octanol–water partition coefficient (Wildman–Crippen LogP) is 2.40. The molecule has 1 aliphatic rings. The normalized spacial score (nSPS) is 20.9. The van der Waals surface area contributed by atoms with Crippen molar-refractivity contribution in [3.8, 4) is 5.75 Å². The molecule has 6 nitrogen and oxygen atoms in total. The first-order chi connectivity index (χ1) is 11.6. The van der Waals surface area contributed by atoms with Gasteiger partial charge < -0.3 is 10.5 Å². The molecule has 0 saturated carbocycles. The lowest BCUT2D eigenvalue weighted by atomic mass is 9.95. The van der Waals surface area contributed by atoms with Crippen LogP contribution in [0.5, 0.6) is 5.75 Å². The molecule has 0 radical (unpaired) electrons. The maximum atomic E-state index is 10.8. The molecule has 126 valence electrons. The van der Waals surface area contributed by atoms with Crippen LogP contribution in [-0.2, 0) is 0 Å². The molecule has 2 aromatic carbocycles. The van der Waals surface area contributed by atoms with Crippen molar-refractivity contribution in [2.24, 2.45) is 5.73 Å². The van der Waals surface area contributed by atoms with Crippen LogP contribution in [0.2, 0.25) is 0 Å². The number of nitrogens with zero attached hydrogens (tertiary/aromatic N) is 2. The van der Waals surface area contributed by atoms with Crippen molar-refractivity contribution in [3.05, 3.63) is 70.3 Å². The van der Waals surface area contributed by atoms with E-state index in [-0.39, 0.29) is 11.7 Å². The lowest BCUT2D eigenvalue weighted by Crippen LogP contribution is -2.30. The van der Waals surface area contributed by atoms with Crippen LogP contribution in [0.4, 0.5) is 5.69 Å². The zero-order valence-electron chi connectivity index (χ0n) is 13.4. The van der Waals surface area contributed by atoms with Crippen LogP contribution in [0.1, 0.15) is 11.5 Å². The van der Waals surface area contributed by atoms with Crippen molar-refractivity contribution in [3.63, 3.8) is 0 Å². The van der Waals surface area contributed by atoms with Crippen LogP contribution in [-0.4, -0.2) is 42.1 Å². The highest BCUT2D eigenvalue weighted by molar-refractivity contribution is 5.37. The molecular weight excluding hydrogens is 306 g/mol. The molecule has 24 heavy (non-hydrogen) atoms. The lowest BCUT2D eigenvalue weighted by molar-refractivity contribution is -0.384. The third-order valence-electron chi connectivity index (χ3n) is 4.37. The highest BCUT2D eigenvalue weighted by Gasteiger charge is 2.30. The van der Waals surface area contributed by atoms with Gasteiger partial charge in [0.1, 0.15) is 12.4 Å². The van der Waals surface area contributed by atoms with Crippen molar-refractivity contribution in [1.82, 2.24) is 4.90 Å². The Morgan fingerprint density at radius 2 is 1.96 bits per heavy atom. The first kappa shape index (κ1) is 16.4. The Kier molecular flexibility index (Phi) is 5.08. The van der Waals surface area contributed by atoms with E-state index in [1.807, 2.05) is 18.2 Å². The van der Waals surface area contributed by atoms with Crippen LogP contribution in [0.15, 0.2) is 54.6 Å². The predicted molar refractivity (Wildman–Crippen MR) is 92.2 cm³/mol. The summed E-state index contributed by atoms with van der Waals surface area (Å²) in [6, 6.07) is 16.7. The number of ether oxygens (including phenoxy) is 1. The standard InChI is InChI=1S/C18H21N3O3/c19-18-13-20(12-17(18)14-5-2-1-3-6-14)9-10-24-16-8-4-7-15(11-16)21(22)23/h1-8,11,17-18H,9-10,12-13,19H2/t17-,18+/m0/s1. The minimum Gasteiger partial charge on any atom is -0.492 e. The van der Waals surface area contributed by atoms with Gasteiger partial charge in [0.25, 0.3) is 5.69 Å². The number of nitro benzene ring substituents is 1. The third kappa shape index (κ3) is 3.90. The Hall–Kier alpha value is -2.44. The van der Waals surface area contributed by atoms with Crippen LogP contribution in [0, 0.1) is 10.1 Å². The van der Waals surface area contributed by atoms with E-state index in [1.54, 1.807) is 12.1 Å². The van der Waals surface area contributed by atoms with Gasteiger partial charge in [-0.1, -0.05) is 36.4 Å². The number of nitrogens with two attached hydrogens (primary N) is 1. The van der Waals surface area contributed by atoms with Gasteiger partial charge in [-0.15, -0.1) is 0 Å². The first-order valence-corrected chi connectivity index (χ1v) is 8.03. The van der Waals surface area contributed by atoms with E-state index in [4.69, 9.17) is 10.5 Å². The fourth-order valence-electron chi connectivity index (χ4n) is 3.13. The largest absolute Gasteiger partial charge is 0.492 e. The minimum absolute atomic E-state index is 0.0415. The molecule has 0 spiro atoms. The SMILES string of the molecule is N[C@@H]1CN(CCOc2cccc([N+](=O)[O-])c2)C[C@H]1c1ccccc1. The number of rotatable bonds is 6. The van der Waals surface area contributed by atoms with Crippen LogP contribution in [0.25, 0.3) is 0 Å². The third-order valence-corrected chi connectivity index (χ3v) is 4.37. The highest BCUT2D eigenvalue weighted by atomic mass is 16.6. The average Bonchev–Trinajstić information content (AvgIpc) is 2.96. The van der Waals surface area contributed by atoms with Gasteiger partial charge in [0.2, 0.25) is 0 Å². The Morgan fingerprint density at radius 1 is 1.17 bits per heavy atom. The second kappa shape index (κ2) is 7.42. The molecule has 2 aromatic rings. The molecule has 0 bridgehead atoms. The topological polar surface area (TPSA) is 81.6 Å². The van der Waals surface area contributed by atoms with Crippen LogP contribution in [0.3, 0.4) is 0 Å². The Morgan fingerprint density at radius 3 is 2.71 bits per heavy atom. The summed E-state index contributed by atoms with van der Waals surface area (Å²) in [7, 11) is 0. The summed E-state index contributed by atoms with van der Waals surface area (Å²) in [5.74, 6) is 0.858.